The fourth-order valence-electron chi connectivity index (χ4n) is 3.52. The molecule has 6 nitrogen and oxygen atoms in total. The van der Waals surface area contributed by atoms with E-state index in [4.69, 9.17) is 14.6 Å². The molecule has 1 N–H and O–H groups in total. The Hall–Kier alpha value is -3.87. The highest BCUT2D eigenvalue weighted by molar-refractivity contribution is 5.94. The molecule has 0 heterocycles. The first-order valence-electron chi connectivity index (χ1n) is 10.7. The van der Waals surface area contributed by atoms with Crippen LogP contribution >= 0.6 is 0 Å². The third-order valence-corrected chi connectivity index (χ3v) is 5.51. The topological polar surface area (TPSA) is 76.1 Å². The number of halogens is 1. The normalized spacial score (nSPS) is 12.8. The lowest BCUT2D eigenvalue weighted by Crippen LogP contribution is -2.32. The molecule has 7 heteroatoms. The van der Waals surface area contributed by atoms with Crippen molar-refractivity contribution < 1.29 is 28.6 Å². The van der Waals surface area contributed by atoms with Crippen molar-refractivity contribution in [3.8, 4) is 17.2 Å². The molecule has 1 amide bonds. The second kappa shape index (κ2) is 9.73. The molecule has 0 spiro atoms. The molecule has 33 heavy (non-hydrogen) atoms. The summed E-state index contributed by atoms with van der Waals surface area (Å²) in [6, 6.07) is 17.5. The number of hydrogen-bond donors (Lipinski definition) is 1. The lowest BCUT2D eigenvalue weighted by molar-refractivity contribution is 0.0693. The van der Waals surface area contributed by atoms with E-state index in [1.807, 2.05) is 0 Å². The van der Waals surface area contributed by atoms with Gasteiger partial charge in [-0.2, -0.15) is 0 Å². The molecule has 3 aromatic rings. The van der Waals surface area contributed by atoms with E-state index in [1.165, 1.54) is 19.2 Å². The maximum Gasteiger partial charge on any atom is 0.335 e. The molecule has 0 aromatic heterocycles. The maximum absolute atomic E-state index is 14.1. The van der Waals surface area contributed by atoms with E-state index in [0.717, 1.165) is 18.4 Å². The number of carboxylic acids is 1. The summed E-state index contributed by atoms with van der Waals surface area (Å²) < 4.78 is 24.9. The largest absolute Gasteiger partial charge is 0.493 e. The molecule has 4 rings (SSSR count). The Morgan fingerprint density at radius 3 is 2.27 bits per heavy atom. The molecule has 0 radical (unpaired) electrons. The second-order valence-electron chi connectivity index (χ2n) is 8.03. The van der Waals surface area contributed by atoms with E-state index in [0.29, 0.717) is 30.3 Å². The minimum atomic E-state index is -0.984. The molecule has 0 saturated heterocycles. The Bertz CT molecular complexity index is 1140. The van der Waals surface area contributed by atoms with Gasteiger partial charge in [0.1, 0.15) is 5.75 Å². The average molecular weight is 449 g/mol. The van der Waals surface area contributed by atoms with E-state index in [1.54, 1.807) is 59.5 Å². The second-order valence-corrected chi connectivity index (χ2v) is 8.03. The molecule has 0 bridgehead atoms. The first-order valence-corrected chi connectivity index (χ1v) is 10.7. The van der Waals surface area contributed by atoms with Crippen LogP contribution in [-0.2, 0) is 6.54 Å². The van der Waals surface area contributed by atoms with Crippen LogP contribution in [0.25, 0.3) is 0 Å². The van der Waals surface area contributed by atoms with Crippen LogP contribution in [0.15, 0.2) is 66.7 Å². The van der Waals surface area contributed by atoms with Crippen LogP contribution in [0.2, 0.25) is 0 Å². The summed E-state index contributed by atoms with van der Waals surface area (Å²) in [5.41, 5.74) is 1.56. The van der Waals surface area contributed by atoms with Crippen molar-refractivity contribution in [1.82, 2.24) is 4.90 Å². The van der Waals surface area contributed by atoms with Crippen LogP contribution in [-0.4, -0.2) is 35.5 Å². The predicted octanol–water partition coefficient (Wildman–Crippen LogP) is 5.38. The average Bonchev–Trinajstić information content (AvgIpc) is 3.64. The number of carbonyl (C=O) groups is 2. The Morgan fingerprint density at radius 1 is 1.00 bits per heavy atom. The first kappa shape index (κ1) is 22.3. The fourth-order valence-corrected chi connectivity index (χ4v) is 3.52. The highest BCUT2D eigenvalue weighted by atomic mass is 19.1. The summed E-state index contributed by atoms with van der Waals surface area (Å²) in [5, 5.41) is 9.08. The highest BCUT2D eigenvalue weighted by Gasteiger charge is 2.27. The zero-order valence-electron chi connectivity index (χ0n) is 18.2. The zero-order chi connectivity index (χ0) is 23.4. The summed E-state index contributed by atoms with van der Waals surface area (Å²) in [5.74, 6) is -0.517. The lowest BCUT2D eigenvalue weighted by Gasteiger charge is -2.23. The van der Waals surface area contributed by atoms with Gasteiger partial charge in [-0.3, -0.25) is 4.79 Å². The molecular weight excluding hydrogens is 425 g/mol. The third kappa shape index (κ3) is 5.49. The van der Waals surface area contributed by atoms with Crippen LogP contribution in [0.1, 0.15) is 39.1 Å². The molecule has 0 atom stereocenters. The molecular formula is C26H24FNO5. The number of benzene rings is 3. The van der Waals surface area contributed by atoms with E-state index in [-0.39, 0.29) is 23.0 Å². The third-order valence-electron chi connectivity index (χ3n) is 5.51. The van der Waals surface area contributed by atoms with Crippen LogP contribution in [0.3, 0.4) is 0 Å². The zero-order valence-corrected chi connectivity index (χ0v) is 18.2. The number of amides is 1. The van der Waals surface area contributed by atoms with Crippen molar-refractivity contribution in [3.63, 3.8) is 0 Å². The monoisotopic (exact) mass is 449 g/mol. The van der Waals surface area contributed by atoms with Crippen molar-refractivity contribution in [2.24, 2.45) is 5.92 Å². The van der Waals surface area contributed by atoms with Crippen LogP contribution in [0, 0.1) is 11.7 Å². The van der Waals surface area contributed by atoms with Crippen molar-refractivity contribution >= 4 is 11.9 Å². The van der Waals surface area contributed by atoms with Gasteiger partial charge in [-0.25, -0.2) is 9.18 Å². The number of methoxy groups -OCH3 is 1. The van der Waals surface area contributed by atoms with E-state index < -0.39 is 11.8 Å². The van der Waals surface area contributed by atoms with E-state index in [9.17, 15) is 14.0 Å². The van der Waals surface area contributed by atoms with Crippen LogP contribution in [0.5, 0.6) is 17.2 Å². The van der Waals surface area contributed by atoms with Gasteiger partial charge >= 0.3 is 5.97 Å². The number of ether oxygens (including phenoxy) is 2. The molecule has 1 saturated carbocycles. The number of carbonyl (C=O) groups excluding carboxylic acids is 1. The summed E-state index contributed by atoms with van der Waals surface area (Å²) in [6.45, 7) is 1.03. The first-order chi connectivity index (χ1) is 15.9. The summed E-state index contributed by atoms with van der Waals surface area (Å²) in [4.78, 5) is 26.1. The Kier molecular flexibility index (Phi) is 6.58. The maximum atomic E-state index is 14.1. The van der Waals surface area contributed by atoms with Gasteiger partial charge in [0.25, 0.3) is 5.91 Å². The van der Waals surface area contributed by atoms with Gasteiger partial charge in [-0.15, -0.1) is 0 Å². The van der Waals surface area contributed by atoms with Crippen molar-refractivity contribution in [2.75, 3.05) is 13.7 Å². The number of rotatable bonds is 9. The van der Waals surface area contributed by atoms with Crippen LogP contribution < -0.4 is 9.47 Å². The van der Waals surface area contributed by atoms with E-state index >= 15 is 0 Å². The molecule has 170 valence electrons. The van der Waals surface area contributed by atoms with Gasteiger partial charge in [0.05, 0.1) is 12.7 Å². The van der Waals surface area contributed by atoms with Gasteiger partial charge in [-0.1, -0.05) is 18.2 Å². The summed E-state index contributed by atoms with van der Waals surface area (Å²) in [6.07, 6.45) is 2.19. The number of aromatic carboxylic acids is 1. The lowest BCUT2D eigenvalue weighted by atomic mass is 10.1. The Morgan fingerprint density at radius 2 is 1.67 bits per heavy atom. The summed E-state index contributed by atoms with van der Waals surface area (Å²) >= 11 is 0. The molecule has 1 aliphatic rings. The highest BCUT2D eigenvalue weighted by Crippen LogP contribution is 2.34. The van der Waals surface area contributed by atoms with Gasteiger partial charge in [-0.05, 0) is 72.9 Å². The SMILES string of the molecule is COc1cccc(F)c1Oc1ccc(C(=O)N(Cc2ccc(C(=O)O)cc2)CC2CC2)cc1. The Balaban J connectivity index is 1.49. The number of nitrogens with zero attached hydrogens (tertiary/aromatic N) is 1. The fraction of sp³-hybridized carbons (Fsp3) is 0.231. The smallest absolute Gasteiger partial charge is 0.335 e. The minimum Gasteiger partial charge on any atom is -0.493 e. The number of carboxylic acid groups (broad SMARTS) is 1. The van der Waals surface area contributed by atoms with Crippen molar-refractivity contribution in [1.29, 1.82) is 0 Å². The molecule has 1 fully saturated rings. The van der Waals surface area contributed by atoms with Gasteiger partial charge in [0.15, 0.2) is 11.6 Å². The van der Waals surface area contributed by atoms with Gasteiger partial charge in [0.2, 0.25) is 5.75 Å². The molecule has 1 aliphatic carbocycles. The molecule has 0 unspecified atom stereocenters. The predicted molar refractivity (Wildman–Crippen MR) is 120 cm³/mol. The quantitative estimate of drug-likeness (QED) is 0.475. The Labute approximate surface area is 191 Å². The van der Waals surface area contributed by atoms with Gasteiger partial charge in [0, 0.05) is 18.7 Å². The minimum absolute atomic E-state index is 0.0146. The molecule has 0 aliphatic heterocycles. The summed E-state index contributed by atoms with van der Waals surface area (Å²) in [7, 11) is 1.44. The number of hydrogen-bond acceptors (Lipinski definition) is 4. The van der Waals surface area contributed by atoms with E-state index in [2.05, 4.69) is 0 Å². The number of para-hydroxylation sites is 1. The van der Waals surface area contributed by atoms with Crippen molar-refractivity contribution in [2.45, 2.75) is 19.4 Å². The van der Waals surface area contributed by atoms with Crippen molar-refractivity contribution in [3.05, 3.63) is 89.2 Å². The van der Waals surface area contributed by atoms with Crippen LogP contribution in [0.4, 0.5) is 4.39 Å². The molecule has 3 aromatic carbocycles. The standard InChI is InChI=1S/C26H24FNO5/c1-32-23-4-2-3-22(27)24(23)33-21-13-11-19(12-14-21)25(29)28(15-17-5-6-17)16-18-7-9-20(10-8-18)26(30)31/h2-4,7-14,17H,5-6,15-16H2,1H3,(H,30,31). The van der Waals surface area contributed by atoms with Gasteiger partial charge < -0.3 is 19.5 Å².